The van der Waals surface area contributed by atoms with Crippen LogP contribution in [0.2, 0.25) is 0 Å². The molecular formula is C32H37F4N3O5. The number of hydrogen-bond donors (Lipinski definition) is 1. The highest BCUT2D eigenvalue weighted by Gasteiger charge is 2.56. The van der Waals surface area contributed by atoms with Crippen molar-refractivity contribution in [3.8, 4) is 0 Å². The van der Waals surface area contributed by atoms with Crippen LogP contribution >= 0.6 is 0 Å². The summed E-state index contributed by atoms with van der Waals surface area (Å²) in [6.07, 6.45) is -1.99. The molecule has 4 atom stereocenters. The highest BCUT2D eigenvalue weighted by Crippen LogP contribution is 2.49. The van der Waals surface area contributed by atoms with Gasteiger partial charge >= 0.3 is 12.1 Å². The molecule has 12 heteroatoms. The monoisotopic (exact) mass is 619 g/mol. The molecule has 1 aliphatic carbocycles. The summed E-state index contributed by atoms with van der Waals surface area (Å²) in [5.41, 5.74) is -0.326. The van der Waals surface area contributed by atoms with Crippen molar-refractivity contribution in [2.45, 2.75) is 69.1 Å². The number of fused-ring (bicyclic) bond motifs is 1. The van der Waals surface area contributed by atoms with Crippen LogP contribution in [0.25, 0.3) is 0 Å². The van der Waals surface area contributed by atoms with E-state index in [0.29, 0.717) is 49.5 Å². The minimum absolute atomic E-state index is 0.0357. The summed E-state index contributed by atoms with van der Waals surface area (Å²) in [5, 5.41) is 9.33. The molecule has 0 radical (unpaired) electrons. The Morgan fingerprint density at radius 2 is 1.84 bits per heavy atom. The lowest BCUT2D eigenvalue weighted by Gasteiger charge is -2.49. The van der Waals surface area contributed by atoms with E-state index < -0.39 is 35.2 Å². The molecular weight excluding hydrogens is 582 g/mol. The van der Waals surface area contributed by atoms with Crippen LogP contribution in [0.5, 0.6) is 0 Å². The Kier molecular flexibility index (Phi) is 8.13. The number of benzene rings is 2. The molecule has 2 aromatic rings. The van der Waals surface area contributed by atoms with Gasteiger partial charge < -0.3 is 24.4 Å². The number of piperazine rings is 1. The fourth-order valence-corrected chi connectivity index (χ4v) is 7.27. The van der Waals surface area contributed by atoms with Crippen molar-refractivity contribution in [1.82, 2.24) is 9.80 Å². The number of methoxy groups -OCH3 is 1. The first-order chi connectivity index (χ1) is 20.9. The van der Waals surface area contributed by atoms with Crippen LogP contribution in [0.15, 0.2) is 36.4 Å². The summed E-state index contributed by atoms with van der Waals surface area (Å²) in [6.45, 7) is 4.75. The number of ether oxygens (including phenoxy) is 2. The summed E-state index contributed by atoms with van der Waals surface area (Å²) >= 11 is 0. The molecule has 44 heavy (non-hydrogen) atoms. The van der Waals surface area contributed by atoms with Crippen LogP contribution in [-0.4, -0.2) is 84.4 Å². The molecule has 3 aliphatic heterocycles. The van der Waals surface area contributed by atoms with Crippen LogP contribution in [0.3, 0.4) is 0 Å². The van der Waals surface area contributed by atoms with Crippen molar-refractivity contribution < 1.29 is 41.7 Å². The number of alkyl halides is 3. The van der Waals surface area contributed by atoms with E-state index in [1.165, 1.54) is 25.3 Å². The Labute approximate surface area is 253 Å². The quantitative estimate of drug-likeness (QED) is 0.450. The number of aromatic carboxylic acids is 1. The van der Waals surface area contributed by atoms with Gasteiger partial charge in [-0.25, -0.2) is 9.18 Å². The minimum atomic E-state index is -4.48. The van der Waals surface area contributed by atoms with Gasteiger partial charge in [-0.1, -0.05) is 6.07 Å². The van der Waals surface area contributed by atoms with Gasteiger partial charge in [0.25, 0.3) is 5.91 Å². The van der Waals surface area contributed by atoms with Crippen molar-refractivity contribution in [3.05, 3.63) is 64.5 Å². The SMILES string of the molecule is COC1CN(C(=O)[C@@]2(C3CC3)CCC(N3CCN(c4ccc(F)c(C(=O)O)c4)C(C)C3)CO2)Cc2cc(C(F)(F)F)ccc21. The molecule has 6 rings (SSSR count). The number of carbonyl (C=O) groups is 2. The van der Waals surface area contributed by atoms with E-state index >= 15 is 0 Å². The van der Waals surface area contributed by atoms with Gasteiger partial charge in [0.15, 0.2) is 0 Å². The standard InChI is InChI=1S/C32H37F4N3O5/c1-19-15-37(11-12-39(19)23-6-8-27(33)26(14-23)29(40)41)24-9-10-31(44-18-24,21-3-4-21)30(42)38-16-20-13-22(32(34,35)36)5-7-25(20)28(17-38)43-2/h5-8,13-14,19,21,24,28H,3-4,9-12,15-18H2,1-2H3,(H,40,41)/t19?,24?,28?,31-/m0/s1. The van der Waals surface area contributed by atoms with E-state index in [1.54, 1.807) is 11.0 Å². The minimum Gasteiger partial charge on any atom is -0.478 e. The lowest BCUT2D eigenvalue weighted by molar-refractivity contribution is -0.178. The molecule has 0 spiro atoms. The summed E-state index contributed by atoms with van der Waals surface area (Å²) in [5.74, 6) is -2.16. The number of rotatable bonds is 6. The summed E-state index contributed by atoms with van der Waals surface area (Å²) in [6, 6.07) is 7.92. The zero-order chi connectivity index (χ0) is 31.4. The molecule has 1 N–H and O–H groups in total. The first-order valence-corrected chi connectivity index (χ1v) is 15.1. The molecule has 2 aromatic carbocycles. The van der Waals surface area contributed by atoms with Crippen molar-refractivity contribution in [2.24, 2.45) is 5.92 Å². The van der Waals surface area contributed by atoms with Crippen LogP contribution in [-0.2, 0) is 27.0 Å². The van der Waals surface area contributed by atoms with Crippen molar-refractivity contribution in [1.29, 1.82) is 0 Å². The Bertz CT molecular complexity index is 1420. The van der Waals surface area contributed by atoms with Crippen LogP contribution in [0, 0.1) is 11.7 Å². The lowest BCUT2D eigenvalue weighted by Crippen LogP contribution is -2.61. The maximum absolute atomic E-state index is 14.2. The van der Waals surface area contributed by atoms with Crippen LogP contribution < -0.4 is 4.90 Å². The van der Waals surface area contributed by atoms with E-state index in [2.05, 4.69) is 9.80 Å². The van der Waals surface area contributed by atoms with Gasteiger partial charge in [-0.15, -0.1) is 0 Å². The van der Waals surface area contributed by atoms with Crippen LogP contribution in [0.1, 0.15) is 65.8 Å². The topological polar surface area (TPSA) is 82.6 Å². The van der Waals surface area contributed by atoms with Gasteiger partial charge in [0.05, 0.1) is 30.4 Å². The fraction of sp³-hybridized carbons (Fsp3) is 0.562. The fourth-order valence-electron chi connectivity index (χ4n) is 7.27. The van der Waals surface area contributed by atoms with Gasteiger partial charge in [-0.05, 0) is 80.0 Å². The average molecular weight is 620 g/mol. The molecule has 8 nitrogen and oxygen atoms in total. The van der Waals surface area contributed by atoms with Crippen molar-refractivity contribution >= 4 is 17.6 Å². The van der Waals surface area contributed by atoms with E-state index in [0.717, 1.165) is 31.4 Å². The van der Waals surface area contributed by atoms with Crippen molar-refractivity contribution in [3.63, 3.8) is 0 Å². The lowest BCUT2D eigenvalue weighted by atomic mass is 9.84. The Morgan fingerprint density at radius 3 is 2.45 bits per heavy atom. The maximum atomic E-state index is 14.2. The second kappa shape index (κ2) is 11.6. The Balaban J connectivity index is 1.13. The number of carboxylic acids is 1. The van der Waals surface area contributed by atoms with E-state index in [-0.39, 0.29) is 42.6 Å². The van der Waals surface area contributed by atoms with Gasteiger partial charge in [-0.2, -0.15) is 13.2 Å². The number of hydrogen-bond acceptors (Lipinski definition) is 6. The third-order valence-electron chi connectivity index (χ3n) is 9.80. The van der Waals surface area contributed by atoms with E-state index in [9.17, 15) is 32.3 Å². The third-order valence-corrected chi connectivity index (χ3v) is 9.80. The molecule has 1 saturated carbocycles. The second-order valence-corrected chi connectivity index (χ2v) is 12.5. The number of nitrogens with zero attached hydrogens (tertiary/aromatic N) is 3. The van der Waals surface area contributed by atoms with Crippen LogP contribution in [0.4, 0.5) is 23.2 Å². The zero-order valence-corrected chi connectivity index (χ0v) is 24.8. The number of anilines is 1. The highest BCUT2D eigenvalue weighted by atomic mass is 19.4. The molecule has 4 aliphatic rings. The highest BCUT2D eigenvalue weighted by molar-refractivity contribution is 5.89. The molecule has 0 bridgehead atoms. The van der Waals surface area contributed by atoms with Gasteiger partial charge in [0.2, 0.25) is 0 Å². The first-order valence-electron chi connectivity index (χ1n) is 15.1. The number of carboxylic acid groups (broad SMARTS) is 1. The average Bonchev–Trinajstić information content (AvgIpc) is 3.86. The molecule has 3 unspecified atom stereocenters. The smallest absolute Gasteiger partial charge is 0.416 e. The molecule has 1 amide bonds. The summed E-state index contributed by atoms with van der Waals surface area (Å²) in [7, 11) is 1.50. The maximum Gasteiger partial charge on any atom is 0.416 e. The number of amides is 1. The normalized spacial score (nSPS) is 28.1. The van der Waals surface area contributed by atoms with Gasteiger partial charge in [0.1, 0.15) is 11.4 Å². The molecule has 238 valence electrons. The molecule has 3 heterocycles. The Hall–Kier alpha value is -3.22. The summed E-state index contributed by atoms with van der Waals surface area (Å²) < 4.78 is 66.5. The second-order valence-electron chi connectivity index (χ2n) is 12.5. The van der Waals surface area contributed by atoms with Crippen molar-refractivity contribution in [2.75, 3.05) is 44.8 Å². The predicted octanol–water partition coefficient (Wildman–Crippen LogP) is 5.11. The Morgan fingerprint density at radius 1 is 1.07 bits per heavy atom. The van der Waals surface area contributed by atoms with E-state index in [1.807, 2.05) is 6.92 Å². The van der Waals surface area contributed by atoms with Gasteiger partial charge in [0, 0.05) is 51.1 Å². The van der Waals surface area contributed by atoms with E-state index in [4.69, 9.17) is 9.47 Å². The van der Waals surface area contributed by atoms with Gasteiger partial charge in [-0.3, -0.25) is 9.69 Å². The molecule has 0 aromatic heterocycles. The largest absolute Gasteiger partial charge is 0.478 e. The predicted molar refractivity (Wildman–Crippen MR) is 153 cm³/mol. The molecule has 3 fully saturated rings. The number of carbonyl (C=O) groups excluding carboxylic acids is 1. The zero-order valence-electron chi connectivity index (χ0n) is 24.8. The molecule has 2 saturated heterocycles. The number of halogens is 4. The summed E-state index contributed by atoms with van der Waals surface area (Å²) in [4.78, 5) is 31.6. The first kappa shape index (κ1) is 30.8. The third kappa shape index (κ3) is 5.67.